The summed E-state index contributed by atoms with van der Waals surface area (Å²) in [5, 5.41) is 5.76. The molecule has 0 amide bonds. The zero-order valence-electron chi connectivity index (χ0n) is 10.3. The molecule has 1 N–H and O–H groups in total. The van der Waals surface area contributed by atoms with Gasteiger partial charge in [-0.15, -0.1) is 11.3 Å². The predicted octanol–water partition coefficient (Wildman–Crippen LogP) is 2.88. The molecule has 2 rings (SSSR count). The third kappa shape index (κ3) is 2.84. The summed E-state index contributed by atoms with van der Waals surface area (Å²) in [7, 11) is 0. The second-order valence-electron chi connectivity index (χ2n) is 4.57. The highest BCUT2D eigenvalue weighted by Gasteiger charge is 2.21. The molecule has 2 atom stereocenters. The normalized spacial score (nSPS) is 22.8. The maximum atomic E-state index is 3.58. The quantitative estimate of drug-likeness (QED) is 0.848. The van der Waals surface area contributed by atoms with Gasteiger partial charge in [0.1, 0.15) is 0 Å². The predicted molar refractivity (Wildman–Crippen MR) is 71.0 cm³/mol. The average molecular weight is 238 g/mol. The standard InChI is InChI=1S/C13H22N2S/c1-3-15(10-12-6-4-8-14-12)11(2)13-7-5-9-16-13/h5,7,9,11-12,14H,3-4,6,8,10H2,1-2H3. The molecule has 1 fully saturated rings. The fourth-order valence-corrected chi connectivity index (χ4v) is 3.28. The van der Waals surface area contributed by atoms with Gasteiger partial charge in [0.2, 0.25) is 0 Å². The van der Waals surface area contributed by atoms with Gasteiger partial charge in [0.05, 0.1) is 0 Å². The van der Waals surface area contributed by atoms with Crippen LogP contribution in [-0.2, 0) is 0 Å². The van der Waals surface area contributed by atoms with E-state index in [-0.39, 0.29) is 0 Å². The number of hydrogen-bond donors (Lipinski definition) is 1. The van der Waals surface area contributed by atoms with E-state index in [1.165, 1.54) is 30.8 Å². The van der Waals surface area contributed by atoms with Crippen LogP contribution in [0, 0.1) is 0 Å². The van der Waals surface area contributed by atoms with Gasteiger partial charge >= 0.3 is 0 Å². The van der Waals surface area contributed by atoms with Crippen molar-refractivity contribution in [3.05, 3.63) is 22.4 Å². The molecule has 3 heteroatoms. The van der Waals surface area contributed by atoms with E-state index in [2.05, 4.69) is 41.6 Å². The van der Waals surface area contributed by atoms with Gasteiger partial charge in [-0.1, -0.05) is 13.0 Å². The number of hydrogen-bond acceptors (Lipinski definition) is 3. The Labute approximate surface area is 103 Å². The monoisotopic (exact) mass is 238 g/mol. The van der Waals surface area contributed by atoms with E-state index in [4.69, 9.17) is 0 Å². The summed E-state index contributed by atoms with van der Waals surface area (Å²) >= 11 is 1.87. The molecule has 1 aromatic heterocycles. The Hall–Kier alpha value is -0.380. The molecule has 1 aliphatic heterocycles. The van der Waals surface area contributed by atoms with Gasteiger partial charge < -0.3 is 5.32 Å². The van der Waals surface area contributed by atoms with Crippen molar-refractivity contribution in [1.82, 2.24) is 10.2 Å². The minimum absolute atomic E-state index is 0.562. The van der Waals surface area contributed by atoms with Crippen LogP contribution in [0.15, 0.2) is 17.5 Å². The number of rotatable bonds is 5. The van der Waals surface area contributed by atoms with E-state index in [0.717, 1.165) is 6.54 Å². The zero-order chi connectivity index (χ0) is 11.4. The van der Waals surface area contributed by atoms with Crippen molar-refractivity contribution >= 4 is 11.3 Å². The highest BCUT2D eigenvalue weighted by Crippen LogP contribution is 2.25. The highest BCUT2D eigenvalue weighted by atomic mass is 32.1. The Bertz CT molecular complexity index is 291. The number of nitrogens with zero attached hydrogens (tertiary/aromatic N) is 1. The Kier molecular flexibility index (Phi) is 4.38. The van der Waals surface area contributed by atoms with Crippen LogP contribution in [0.3, 0.4) is 0 Å². The van der Waals surface area contributed by atoms with Crippen LogP contribution < -0.4 is 5.32 Å². The van der Waals surface area contributed by atoms with E-state index >= 15 is 0 Å². The van der Waals surface area contributed by atoms with Crippen molar-refractivity contribution < 1.29 is 0 Å². The van der Waals surface area contributed by atoms with E-state index < -0.39 is 0 Å². The maximum Gasteiger partial charge on any atom is 0.0413 e. The third-order valence-electron chi connectivity index (χ3n) is 3.53. The minimum Gasteiger partial charge on any atom is -0.313 e. The lowest BCUT2D eigenvalue weighted by molar-refractivity contribution is 0.205. The Balaban J connectivity index is 1.93. The lowest BCUT2D eigenvalue weighted by Gasteiger charge is -2.29. The molecule has 2 nitrogen and oxygen atoms in total. The molecule has 0 spiro atoms. The molecule has 90 valence electrons. The van der Waals surface area contributed by atoms with Crippen molar-refractivity contribution in [3.8, 4) is 0 Å². The summed E-state index contributed by atoms with van der Waals surface area (Å²) < 4.78 is 0. The first-order valence-electron chi connectivity index (χ1n) is 6.32. The van der Waals surface area contributed by atoms with Crippen molar-refractivity contribution in [2.45, 2.75) is 38.8 Å². The van der Waals surface area contributed by atoms with Crippen LogP contribution in [0.25, 0.3) is 0 Å². The van der Waals surface area contributed by atoms with Crippen LogP contribution in [0.1, 0.15) is 37.6 Å². The van der Waals surface area contributed by atoms with Crippen LogP contribution in [-0.4, -0.2) is 30.6 Å². The van der Waals surface area contributed by atoms with Gasteiger partial charge in [-0.2, -0.15) is 0 Å². The third-order valence-corrected chi connectivity index (χ3v) is 4.57. The minimum atomic E-state index is 0.562. The molecule has 2 unspecified atom stereocenters. The summed E-state index contributed by atoms with van der Waals surface area (Å²) in [4.78, 5) is 4.06. The average Bonchev–Trinajstić information content (AvgIpc) is 2.97. The molecule has 0 bridgehead atoms. The van der Waals surface area contributed by atoms with Crippen molar-refractivity contribution in [2.24, 2.45) is 0 Å². The molecule has 0 saturated carbocycles. The summed E-state index contributed by atoms with van der Waals surface area (Å²) in [5.41, 5.74) is 0. The smallest absolute Gasteiger partial charge is 0.0413 e. The maximum absolute atomic E-state index is 3.58. The largest absolute Gasteiger partial charge is 0.313 e. The van der Waals surface area contributed by atoms with Gasteiger partial charge in [-0.05, 0) is 44.3 Å². The molecule has 0 radical (unpaired) electrons. The zero-order valence-corrected chi connectivity index (χ0v) is 11.1. The summed E-state index contributed by atoms with van der Waals surface area (Å²) in [6, 6.07) is 5.67. The highest BCUT2D eigenvalue weighted by molar-refractivity contribution is 7.10. The van der Waals surface area contributed by atoms with Gasteiger partial charge in [0.15, 0.2) is 0 Å². The number of nitrogens with one attached hydrogen (secondary N) is 1. The van der Waals surface area contributed by atoms with E-state index in [1.807, 2.05) is 11.3 Å². The van der Waals surface area contributed by atoms with Crippen LogP contribution in [0.5, 0.6) is 0 Å². The fourth-order valence-electron chi connectivity index (χ4n) is 2.47. The second-order valence-corrected chi connectivity index (χ2v) is 5.55. The molecule has 1 aromatic rings. The molecular weight excluding hydrogens is 216 g/mol. The van der Waals surface area contributed by atoms with E-state index in [1.54, 1.807) is 0 Å². The van der Waals surface area contributed by atoms with Gasteiger partial charge in [0, 0.05) is 23.5 Å². The Morgan fingerprint density at radius 2 is 2.50 bits per heavy atom. The lowest BCUT2D eigenvalue weighted by atomic mass is 10.1. The van der Waals surface area contributed by atoms with Gasteiger partial charge in [0.25, 0.3) is 0 Å². The summed E-state index contributed by atoms with van der Waals surface area (Å²) in [6.45, 7) is 8.12. The SMILES string of the molecule is CCN(CC1CCCN1)C(C)c1cccs1. The fraction of sp³-hybridized carbons (Fsp3) is 0.692. The first-order valence-corrected chi connectivity index (χ1v) is 7.20. The number of thiophene rings is 1. The Morgan fingerprint density at radius 3 is 3.06 bits per heavy atom. The van der Waals surface area contributed by atoms with E-state index in [9.17, 15) is 0 Å². The lowest BCUT2D eigenvalue weighted by Crippen LogP contribution is -2.38. The first kappa shape index (κ1) is 12.1. The molecule has 16 heavy (non-hydrogen) atoms. The summed E-state index contributed by atoms with van der Waals surface area (Å²) in [5.74, 6) is 0. The first-order chi connectivity index (χ1) is 7.81. The molecule has 0 aliphatic carbocycles. The van der Waals surface area contributed by atoms with Gasteiger partial charge in [-0.3, -0.25) is 4.90 Å². The topological polar surface area (TPSA) is 15.3 Å². The molecule has 1 saturated heterocycles. The van der Waals surface area contributed by atoms with Crippen molar-refractivity contribution in [3.63, 3.8) is 0 Å². The van der Waals surface area contributed by atoms with Gasteiger partial charge in [-0.25, -0.2) is 0 Å². The molecular formula is C13H22N2S. The van der Waals surface area contributed by atoms with Crippen LogP contribution >= 0.6 is 11.3 Å². The van der Waals surface area contributed by atoms with Crippen molar-refractivity contribution in [1.29, 1.82) is 0 Å². The van der Waals surface area contributed by atoms with Crippen LogP contribution in [0.4, 0.5) is 0 Å². The van der Waals surface area contributed by atoms with Crippen molar-refractivity contribution in [2.75, 3.05) is 19.6 Å². The second kappa shape index (κ2) is 5.80. The van der Waals surface area contributed by atoms with E-state index in [0.29, 0.717) is 12.1 Å². The summed E-state index contributed by atoms with van der Waals surface area (Å²) in [6.07, 6.45) is 2.68. The Morgan fingerprint density at radius 1 is 1.62 bits per heavy atom. The molecule has 2 heterocycles. The molecule has 0 aromatic carbocycles. The number of likely N-dealkylation sites (N-methyl/N-ethyl adjacent to an activating group) is 1. The van der Waals surface area contributed by atoms with Crippen LogP contribution in [0.2, 0.25) is 0 Å². The molecule has 1 aliphatic rings.